The zero-order valence-electron chi connectivity index (χ0n) is 10.7. The Hall–Kier alpha value is -1.46. The summed E-state index contributed by atoms with van der Waals surface area (Å²) in [5.74, 6) is 1.19. The predicted molar refractivity (Wildman–Crippen MR) is 73.1 cm³/mol. The minimum atomic E-state index is 0. The number of halogens is 1. The van der Waals surface area contributed by atoms with Gasteiger partial charge in [0.2, 0.25) is 12.1 Å². The lowest BCUT2D eigenvalue weighted by Crippen LogP contribution is -3.00. The third kappa shape index (κ3) is 1.69. The molecule has 0 amide bonds. The van der Waals surface area contributed by atoms with E-state index in [0.717, 1.165) is 29.1 Å². The number of pyridine rings is 1. The molecule has 0 atom stereocenters. The summed E-state index contributed by atoms with van der Waals surface area (Å²) in [7, 11) is 0. The lowest BCUT2D eigenvalue weighted by atomic mass is 10.1. The minimum Gasteiger partial charge on any atom is -1.00 e. The molecule has 98 valence electrons. The second-order valence-electron chi connectivity index (χ2n) is 4.75. The lowest BCUT2D eigenvalue weighted by Gasteiger charge is -1.97. The van der Waals surface area contributed by atoms with Crippen molar-refractivity contribution in [1.29, 1.82) is 0 Å². The molecule has 3 aromatic rings. The maximum absolute atomic E-state index is 4.64. The van der Waals surface area contributed by atoms with Crippen molar-refractivity contribution >= 4 is 37.6 Å². The Morgan fingerprint density at radius 3 is 3.05 bits per heavy atom. The predicted octanol–water partition coefficient (Wildman–Crippen LogP) is -0.822. The first-order valence-corrected chi connectivity index (χ1v) is 6.88. The van der Waals surface area contributed by atoms with Gasteiger partial charge in [0.15, 0.2) is 5.52 Å². The highest BCUT2D eigenvalue weighted by Crippen LogP contribution is 2.36. The maximum Gasteiger partial charge on any atom is 0.242 e. The number of hydrogen-bond acceptors (Lipinski definition) is 4. The molecule has 0 saturated heterocycles. The molecule has 0 spiro atoms. The fourth-order valence-electron chi connectivity index (χ4n) is 2.67. The molecule has 3 aromatic heterocycles. The first-order valence-electron chi connectivity index (χ1n) is 6.07. The average Bonchev–Trinajstić information content (AvgIpc) is 2.89. The second kappa shape index (κ2) is 4.28. The molecule has 6 heteroatoms. The van der Waals surface area contributed by atoms with Gasteiger partial charge in [-0.3, -0.25) is 0 Å². The molecule has 0 aromatic carbocycles. The summed E-state index contributed by atoms with van der Waals surface area (Å²) in [6.45, 7) is 6.17. The number of thiophene rings is 1. The summed E-state index contributed by atoms with van der Waals surface area (Å²) < 4.78 is 3.41. The SMILES string of the molecule is Cc1cc(C)c2c(n1)sc1c3[n+](cnc12)CCN3.[Cl-]. The van der Waals surface area contributed by atoms with E-state index >= 15 is 0 Å². The van der Waals surface area contributed by atoms with E-state index in [1.54, 1.807) is 11.3 Å². The summed E-state index contributed by atoms with van der Waals surface area (Å²) in [5, 5.41) is 4.65. The van der Waals surface area contributed by atoms with Crippen molar-refractivity contribution in [3.05, 3.63) is 23.7 Å². The van der Waals surface area contributed by atoms with E-state index < -0.39 is 0 Å². The quantitative estimate of drug-likeness (QED) is 0.551. The minimum absolute atomic E-state index is 0. The Balaban J connectivity index is 0.00000110. The summed E-state index contributed by atoms with van der Waals surface area (Å²) in [6.07, 6.45) is 1.93. The van der Waals surface area contributed by atoms with E-state index in [0.29, 0.717) is 0 Å². The van der Waals surface area contributed by atoms with Crippen LogP contribution in [0.25, 0.3) is 20.4 Å². The van der Waals surface area contributed by atoms with Gasteiger partial charge in [-0.15, -0.1) is 16.3 Å². The first-order chi connectivity index (χ1) is 8.74. The number of hydrogen-bond donors (Lipinski definition) is 1. The van der Waals surface area contributed by atoms with Crippen LogP contribution < -0.4 is 22.3 Å². The smallest absolute Gasteiger partial charge is 0.242 e. The Labute approximate surface area is 120 Å². The Morgan fingerprint density at radius 2 is 2.21 bits per heavy atom. The van der Waals surface area contributed by atoms with Crippen LogP contribution in [0.5, 0.6) is 0 Å². The topological polar surface area (TPSA) is 41.7 Å². The molecule has 0 radical (unpaired) electrons. The highest BCUT2D eigenvalue weighted by Gasteiger charge is 2.24. The number of rotatable bonds is 0. The fourth-order valence-corrected chi connectivity index (χ4v) is 3.95. The van der Waals surface area contributed by atoms with E-state index in [-0.39, 0.29) is 12.4 Å². The monoisotopic (exact) mass is 292 g/mol. The number of nitrogens with zero attached hydrogens (tertiary/aromatic N) is 3. The Kier molecular flexibility index (Phi) is 2.83. The largest absolute Gasteiger partial charge is 1.00 e. The zero-order valence-corrected chi connectivity index (χ0v) is 12.3. The molecule has 0 bridgehead atoms. The summed E-state index contributed by atoms with van der Waals surface area (Å²) in [4.78, 5) is 10.4. The molecule has 4 heterocycles. The molecule has 0 fully saturated rings. The summed E-state index contributed by atoms with van der Waals surface area (Å²) in [5.41, 5.74) is 3.42. The van der Waals surface area contributed by atoms with Crippen LogP contribution in [0.3, 0.4) is 0 Å². The van der Waals surface area contributed by atoms with E-state index in [9.17, 15) is 0 Å². The van der Waals surface area contributed by atoms with Gasteiger partial charge >= 0.3 is 0 Å². The molecule has 1 aliphatic rings. The van der Waals surface area contributed by atoms with Crippen molar-refractivity contribution in [2.75, 3.05) is 11.9 Å². The first kappa shape index (κ1) is 12.6. The maximum atomic E-state index is 4.64. The van der Waals surface area contributed by atoms with Crippen LogP contribution in [-0.4, -0.2) is 16.5 Å². The third-order valence-electron chi connectivity index (χ3n) is 3.44. The molecule has 0 saturated carbocycles. The molecule has 4 nitrogen and oxygen atoms in total. The molecule has 4 rings (SSSR count). The zero-order chi connectivity index (χ0) is 12.3. The molecule has 0 unspecified atom stereocenters. The highest BCUT2D eigenvalue weighted by atomic mass is 35.5. The standard InChI is InChI=1S/C13H12N4S.ClH/c1-7-5-8(2)16-13-9(7)10-11(18-13)12-14-3-4-17(12)6-15-10;/h5-6H,3-4H2,1-2H3;1H. The van der Waals surface area contributed by atoms with Gasteiger partial charge < -0.3 is 17.7 Å². The third-order valence-corrected chi connectivity index (χ3v) is 4.52. The van der Waals surface area contributed by atoms with Crippen molar-refractivity contribution in [1.82, 2.24) is 9.97 Å². The molecular formula is C13H13ClN4S. The van der Waals surface area contributed by atoms with Crippen LogP contribution >= 0.6 is 11.3 Å². The average molecular weight is 293 g/mol. The number of anilines is 1. The number of aromatic nitrogens is 3. The van der Waals surface area contributed by atoms with Crippen LogP contribution in [0, 0.1) is 13.8 Å². The second-order valence-corrected chi connectivity index (χ2v) is 5.75. The van der Waals surface area contributed by atoms with E-state index in [1.807, 2.05) is 13.3 Å². The van der Waals surface area contributed by atoms with Crippen molar-refractivity contribution in [2.24, 2.45) is 0 Å². The molecule has 0 aliphatic carbocycles. The lowest BCUT2D eigenvalue weighted by molar-refractivity contribution is -0.672. The Morgan fingerprint density at radius 1 is 1.37 bits per heavy atom. The van der Waals surface area contributed by atoms with Gasteiger partial charge in [0.05, 0.1) is 11.9 Å². The molecule has 19 heavy (non-hydrogen) atoms. The number of fused-ring (bicyclic) bond motifs is 5. The van der Waals surface area contributed by atoms with Crippen LogP contribution in [0.2, 0.25) is 0 Å². The van der Waals surface area contributed by atoms with Crippen LogP contribution in [0.1, 0.15) is 11.3 Å². The van der Waals surface area contributed by atoms with Gasteiger partial charge in [-0.1, -0.05) is 0 Å². The highest BCUT2D eigenvalue weighted by molar-refractivity contribution is 7.25. The molecule has 1 aliphatic heterocycles. The number of aryl methyl sites for hydroxylation is 2. The van der Waals surface area contributed by atoms with Crippen LogP contribution in [-0.2, 0) is 6.54 Å². The van der Waals surface area contributed by atoms with E-state index in [1.165, 1.54) is 21.5 Å². The van der Waals surface area contributed by atoms with E-state index in [4.69, 9.17) is 0 Å². The van der Waals surface area contributed by atoms with Crippen LogP contribution in [0.15, 0.2) is 12.4 Å². The fraction of sp³-hybridized carbons (Fsp3) is 0.308. The van der Waals surface area contributed by atoms with Gasteiger partial charge in [0.25, 0.3) is 0 Å². The molecular weight excluding hydrogens is 280 g/mol. The van der Waals surface area contributed by atoms with Gasteiger partial charge in [-0.2, -0.15) is 0 Å². The number of nitrogens with one attached hydrogen (secondary N) is 1. The van der Waals surface area contributed by atoms with Crippen LogP contribution in [0.4, 0.5) is 5.82 Å². The van der Waals surface area contributed by atoms with Crippen molar-refractivity contribution in [3.63, 3.8) is 0 Å². The van der Waals surface area contributed by atoms with Gasteiger partial charge in [-0.25, -0.2) is 9.55 Å². The van der Waals surface area contributed by atoms with Gasteiger partial charge in [0.1, 0.15) is 16.1 Å². The van der Waals surface area contributed by atoms with Crippen molar-refractivity contribution in [3.8, 4) is 0 Å². The van der Waals surface area contributed by atoms with Gasteiger partial charge in [-0.05, 0) is 25.5 Å². The summed E-state index contributed by atoms with van der Waals surface area (Å²) >= 11 is 1.74. The normalized spacial score (nSPS) is 13.4. The molecule has 1 N–H and O–H groups in total. The van der Waals surface area contributed by atoms with Gasteiger partial charge in [0, 0.05) is 5.69 Å². The van der Waals surface area contributed by atoms with Crippen molar-refractivity contribution < 1.29 is 17.0 Å². The Bertz CT molecular complexity index is 796. The summed E-state index contributed by atoms with van der Waals surface area (Å²) in [6, 6.07) is 2.13. The van der Waals surface area contributed by atoms with E-state index in [2.05, 4.69) is 32.8 Å². The van der Waals surface area contributed by atoms with Crippen molar-refractivity contribution in [2.45, 2.75) is 20.4 Å².